The molecule has 0 aliphatic carbocycles. The van der Waals surface area contributed by atoms with E-state index in [9.17, 15) is 9.90 Å². The molecular formula is C28H48O2S. The molecule has 2 nitrogen and oxygen atoms in total. The minimum atomic E-state index is -0.680. The Morgan fingerprint density at radius 2 is 1.16 bits per heavy atom. The highest BCUT2D eigenvalue weighted by Gasteiger charge is 2.14. The fourth-order valence-corrected chi connectivity index (χ4v) is 5.32. The van der Waals surface area contributed by atoms with E-state index in [0.29, 0.717) is 0 Å². The van der Waals surface area contributed by atoms with Crippen LogP contribution in [0.4, 0.5) is 0 Å². The minimum absolute atomic E-state index is 0.187. The van der Waals surface area contributed by atoms with Crippen LogP contribution in [0.3, 0.4) is 0 Å². The Morgan fingerprint density at radius 3 is 1.58 bits per heavy atom. The average Bonchev–Trinajstić information content (AvgIpc) is 2.74. The van der Waals surface area contributed by atoms with Crippen LogP contribution in [0, 0.1) is 6.92 Å². The van der Waals surface area contributed by atoms with Crippen LogP contribution in [-0.2, 0) is 4.79 Å². The van der Waals surface area contributed by atoms with Crippen LogP contribution in [0.5, 0.6) is 0 Å². The number of carboxylic acid groups (broad SMARTS) is 1. The highest BCUT2D eigenvalue weighted by atomic mass is 32.2. The van der Waals surface area contributed by atoms with Gasteiger partial charge in [0.1, 0.15) is 0 Å². The summed E-state index contributed by atoms with van der Waals surface area (Å²) in [5.41, 5.74) is 1.25. The van der Waals surface area contributed by atoms with Gasteiger partial charge >= 0.3 is 5.97 Å². The first-order chi connectivity index (χ1) is 15.1. The normalized spacial score (nSPS) is 12.2. The second-order valence-corrected chi connectivity index (χ2v) is 10.6. The topological polar surface area (TPSA) is 37.3 Å². The van der Waals surface area contributed by atoms with Crippen molar-refractivity contribution in [3.63, 3.8) is 0 Å². The van der Waals surface area contributed by atoms with Crippen molar-refractivity contribution in [2.75, 3.05) is 0 Å². The molecule has 1 aromatic carbocycles. The van der Waals surface area contributed by atoms with Crippen molar-refractivity contribution in [1.82, 2.24) is 0 Å². The average molecular weight is 449 g/mol. The largest absolute Gasteiger partial charge is 0.481 e. The maximum Gasteiger partial charge on any atom is 0.304 e. The van der Waals surface area contributed by atoms with Gasteiger partial charge in [0.2, 0.25) is 0 Å². The number of aryl methyl sites for hydroxylation is 1. The van der Waals surface area contributed by atoms with E-state index in [0.717, 1.165) is 12.8 Å². The zero-order chi connectivity index (χ0) is 22.6. The monoisotopic (exact) mass is 448 g/mol. The molecule has 0 saturated heterocycles. The van der Waals surface area contributed by atoms with E-state index < -0.39 is 5.97 Å². The molecule has 178 valence electrons. The van der Waals surface area contributed by atoms with Gasteiger partial charge < -0.3 is 5.11 Å². The van der Waals surface area contributed by atoms with Crippen molar-refractivity contribution in [2.24, 2.45) is 0 Å². The molecule has 0 aliphatic heterocycles. The first-order valence-corrected chi connectivity index (χ1v) is 13.9. The van der Waals surface area contributed by atoms with Crippen molar-refractivity contribution in [2.45, 2.75) is 140 Å². The Kier molecular flexibility index (Phi) is 17.8. The first kappa shape index (κ1) is 28.1. The second kappa shape index (κ2) is 19.7. The molecule has 31 heavy (non-hydrogen) atoms. The first-order valence-electron chi connectivity index (χ1n) is 13.1. The van der Waals surface area contributed by atoms with E-state index in [1.165, 1.54) is 107 Å². The van der Waals surface area contributed by atoms with E-state index in [-0.39, 0.29) is 11.7 Å². The molecule has 0 spiro atoms. The standard InChI is InChI=1S/C28H48O2S/c1-3-4-5-6-7-8-9-10-11-12-13-14-15-16-17-18-19-27(24-28(29)30)31-26-22-20-25(2)21-23-26/h20-23,27H,3-19,24H2,1-2H3,(H,29,30). The number of hydrogen-bond acceptors (Lipinski definition) is 2. The molecule has 1 unspecified atom stereocenters. The van der Waals surface area contributed by atoms with Crippen molar-refractivity contribution in [3.8, 4) is 0 Å². The number of carboxylic acids is 1. The molecule has 0 heterocycles. The number of carbonyl (C=O) groups is 1. The Bertz CT molecular complexity index is 540. The lowest BCUT2D eigenvalue weighted by atomic mass is 10.0. The third kappa shape index (κ3) is 17.3. The van der Waals surface area contributed by atoms with Gasteiger partial charge in [0, 0.05) is 10.1 Å². The van der Waals surface area contributed by atoms with Gasteiger partial charge in [0.15, 0.2) is 0 Å². The van der Waals surface area contributed by atoms with Crippen LogP contribution < -0.4 is 0 Å². The molecule has 0 radical (unpaired) electrons. The molecule has 0 aliphatic rings. The zero-order valence-electron chi connectivity index (χ0n) is 20.4. The van der Waals surface area contributed by atoms with Gasteiger partial charge in [-0.15, -0.1) is 11.8 Å². The Balaban J connectivity index is 1.96. The number of rotatable bonds is 21. The van der Waals surface area contributed by atoms with Crippen LogP contribution in [0.15, 0.2) is 29.2 Å². The van der Waals surface area contributed by atoms with Gasteiger partial charge in [-0.05, 0) is 25.5 Å². The lowest BCUT2D eigenvalue weighted by Crippen LogP contribution is -2.10. The maximum absolute atomic E-state index is 11.2. The number of thioether (sulfide) groups is 1. The lowest BCUT2D eigenvalue weighted by Gasteiger charge is -2.14. The minimum Gasteiger partial charge on any atom is -0.481 e. The highest BCUT2D eigenvalue weighted by molar-refractivity contribution is 8.00. The molecule has 0 amide bonds. The number of unbranched alkanes of at least 4 members (excludes halogenated alkanes) is 15. The van der Waals surface area contributed by atoms with E-state index in [1.807, 2.05) is 0 Å². The van der Waals surface area contributed by atoms with E-state index in [4.69, 9.17) is 0 Å². The molecule has 1 aromatic rings. The summed E-state index contributed by atoms with van der Waals surface area (Å²) in [5, 5.41) is 9.41. The predicted octanol–water partition coefficient (Wildman–Crippen LogP) is 9.58. The quantitative estimate of drug-likeness (QED) is 0.150. The molecule has 0 aromatic heterocycles. The van der Waals surface area contributed by atoms with E-state index >= 15 is 0 Å². The summed E-state index contributed by atoms with van der Waals surface area (Å²) in [5.74, 6) is -0.680. The summed E-state index contributed by atoms with van der Waals surface area (Å²) in [6, 6.07) is 8.44. The van der Waals surface area contributed by atoms with Crippen LogP contribution >= 0.6 is 11.8 Å². The van der Waals surface area contributed by atoms with E-state index in [1.54, 1.807) is 11.8 Å². The summed E-state index contributed by atoms with van der Waals surface area (Å²) in [4.78, 5) is 12.4. The molecular weight excluding hydrogens is 400 g/mol. The predicted molar refractivity (Wildman–Crippen MR) is 137 cm³/mol. The van der Waals surface area contributed by atoms with Gasteiger partial charge in [-0.3, -0.25) is 4.79 Å². The van der Waals surface area contributed by atoms with Crippen molar-refractivity contribution in [3.05, 3.63) is 29.8 Å². The van der Waals surface area contributed by atoms with Crippen LogP contribution in [0.1, 0.15) is 128 Å². The molecule has 1 rings (SSSR count). The maximum atomic E-state index is 11.2. The number of benzene rings is 1. The van der Waals surface area contributed by atoms with Crippen molar-refractivity contribution < 1.29 is 9.90 Å². The van der Waals surface area contributed by atoms with E-state index in [2.05, 4.69) is 38.1 Å². The van der Waals surface area contributed by atoms with Gasteiger partial charge in [0.05, 0.1) is 6.42 Å². The van der Waals surface area contributed by atoms with Crippen LogP contribution in [-0.4, -0.2) is 16.3 Å². The van der Waals surface area contributed by atoms with Crippen molar-refractivity contribution in [1.29, 1.82) is 0 Å². The van der Waals surface area contributed by atoms with Gasteiger partial charge in [0.25, 0.3) is 0 Å². The van der Waals surface area contributed by atoms with Crippen LogP contribution in [0.2, 0.25) is 0 Å². The van der Waals surface area contributed by atoms with Gasteiger partial charge in [-0.2, -0.15) is 0 Å². The smallest absolute Gasteiger partial charge is 0.304 e. The fourth-order valence-electron chi connectivity index (χ4n) is 4.13. The van der Waals surface area contributed by atoms with Gasteiger partial charge in [-0.1, -0.05) is 127 Å². The lowest BCUT2D eigenvalue weighted by molar-refractivity contribution is -0.137. The molecule has 0 fully saturated rings. The molecule has 1 N–H and O–H groups in total. The summed E-state index contributed by atoms with van der Waals surface area (Å²) in [7, 11) is 0. The Morgan fingerprint density at radius 1 is 0.742 bits per heavy atom. The fraction of sp³-hybridized carbons (Fsp3) is 0.750. The molecule has 0 bridgehead atoms. The summed E-state index contributed by atoms with van der Waals surface area (Å²) >= 11 is 1.73. The summed E-state index contributed by atoms with van der Waals surface area (Å²) in [6.07, 6.45) is 23.2. The molecule has 0 saturated carbocycles. The zero-order valence-corrected chi connectivity index (χ0v) is 21.2. The number of hydrogen-bond donors (Lipinski definition) is 1. The Hall–Kier alpha value is -0.960. The van der Waals surface area contributed by atoms with Gasteiger partial charge in [-0.25, -0.2) is 0 Å². The SMILES string of the molecule is CCCCCCCCCCCCCCCCCCC(CC(=O)O)Sc1ccc(C)cc1. The van der Waals surface area contributed by atoms with Crippen LogP contribution in [0.25, 0.3) is 0 Å². The number of aliphatic carboxylic acids is 1. The van der Waals surface area contributed by atoms with Crippen molar-refractivity contribution >= 4 is 17.7 Å². The second-order valence-electron chi connectivity index (χ2n) is 9.24. The Labute approximate surface area is 197 Å². The highest BCUT2D eigenvalue weighted by Crippen LogP contribution is 2.29. The molecule has 1 atom stereocenters. The third-order valence-corrected chi connectivity index (χ3v) is 7.39. The summed E-state index contributed by atoms with van der Waals surface area (Å²) < 4.78 is 0. The molecule has 3 heteroatoms. The third-order valence-electron chi connectivity index (χ3n) is 6.11. The summed E-state index contributed by atoms with van der Waals surface area (Å²) in [6.45, 7) is 4.37.